The Labute approximate surface area is 89.9 Å². The van der Waals surface area contributed by atoms with Gasteiger partial charge in [0.1, 0.15) is 0 Å². The van der Waals surface area contributed by atoms with Gasteiger partial charge in [-0.25, -0.2) is 4.79 Å². The number of aryl methyl sites for hydroxylation is 1. The van der Waals surface area contributed by atoms with Crippen LogP contribution in [-0.4, -0.2) is 5.97 Å². The maximum Gasteiger partial charge on any atom is 0.342 e. The molecule has 0 aliphatic carbocycles. The molecular weight excluding hydrogens is 188 g/mol. The molecule has 1 aromatic rings. The number of allylic oxidation sites excluding steroid dienone is 1. The molecule has 0 aromatic heterocycles. The van der Waals surface area contributed by atoms with Crippen LogP contribution in [0.4, 0.5) is 0 Å². The van der Waals surface area contributed by atoms with Gasteiger partial charge in [-0.05, 0) is 25.0 Å². The van der Waals surface area contributed by atoms with Crippen LogP contribution >= 0.6 is 0 Å². The normalized spacial score (nSPS) is 10.3. The van der Waals surface area contributed by atoms with Crippen LogP contribution in [0.5, 0.6) is 0 Å². The zero-order chi connectivity index (χ0) is 11.3. The molecule has 0 fully saturated rings. The van der Waals surface area contributed by atoms with Crippen LogP contribution in [0.1, 0.15) is 18.1 Å². The van der Waals surface area contributed by atoms with E-state index in [1.807, 2.05) is 31.2 Å². The second-order valence-electron chi connectivity index (χ2n) is 3.17. The molecule has 2 heteroatoms. The van der Waals surface area contributed by atoms with Gasteiger partial charge in [0.25, 0.3) is 0 Å². The number of carbonyl (C=O) groups is 1. The van der Waals surface area contributed by atoms with E-state index in [1.54, 1.807) is 13.0 Å². The minimum atomic E-state index is -0.414. The van der Waals surface area contributed by atoms with E-state index in [2.05, 4.69) is 6.58 Å². The fourth-order valence-electron chi connectivity index (χ4n) is 1.22. The van der Waals surface area contributed by atoms with Crippen molar-refractivity contribution in [1.82, 2.24) is 0 Å². The summed E-state index contributed by atoms with van der Waals surface area (Å²) in [6.07, 6.45) is 3.01. The number of hydrogen-bond acceptors (Lipinski definition) is 2. The van der Waals surface area contributed by atoms with E-state index in [0.29, 0.717) is 5.57 Å². The summed E-state index contributed by atoms with van der Waals surface area (Å²) in [5.41, 5.74) is 2.22. The molecule has 0 radical (unpaired) electrons. The van der Waals surface area contributed by atoms with E-state index in [4.69, 9.17) is 4.74 Å². The van der Waals surface area contributed by atoms with Gasteiger partial charge in [0.15, 0.2) is 0 Å². The van der Waals surface area contributed by atoms with E-state index >= 15 is 0 Å². The van der Waals surface area contributed by atoms with Gasteiger partial charge in [-0.15, -0.1) is 0 Å². The Morgan fingerprint density at radius 3 is 2.67 bits per heavy atom. The first-order valence-electron chi connectivity index (χ1n) is 4.74. The van der Waals surface area contributed by atoms with Crippen molar-refractivity contribution in [3.05, 3.63) is 54.3 Å². The average molecular weight is 202 g/mol. The standard InChI is InChI=1S/C13H14O2/c1-4-9-15-13(14)11(3)12-8-6-5-7-10(12)2/h4-9H,3H2,1-2H3. The largest absolute Gasteiger partial charge is 0.431 e. The van der Waals surface area contributed by atoms with E-state index in [1.165, 1.54) is 6.26 Å². The predicted octanol–water partition coefficient (Wildman–Crippen LogP) is 3.09. The molecule has 0 unspecified atom stereocenters. The first-order valence-corrected chi connectivity index (χ1v) is 4.74. The molecule has 0 spiro atoms. The number of carbonyl (C=O) groups excluding carboxylic acids is 1. The highest BCUT2D eigenvalue weighted by atomic mass is 16.5. The summed E-state index contributed by atoms with van der Waals surface area (Å²) in [6, 6.07) is 7.58. The Bertz CT molecular complexity index is 403. The van der Waals surface area contributed by atoms with Crippen molar-refractivity contribution in [3.63, 3.8) is 0 Å². The molecule has 0 atom stereocenters. The van der Waals surface area contributed by atoms with Gasteiger partial charge >= 0.3 is 5.97 Å². The first-order chi connectivity index (χ1) is 7.16. The molecule has 0 bridgehead atoms. The molecule has 0 saturated heterocycles. The van der Waals surface area contributed by atoms with Gasteiger partial charge in [0.05, 0.1) is 11.8 Å². The second kappa shape index (κ2) is 5.15. The van der Waals surface area contributed by atoms with Gasteiger partial charge in [0.2, 0.25) is 0 Å². The molecule has 1 rings (SSSR count). The third-order valence-electron chi connectivity index (χ3n) is 2.03. The fraction of sp³-hybridized carbons (Fsp3) is 0.154. The van der Waals surface area contributed by atoms with Crippen LogP contribution in [0.25, 0.3) is 5.57 Å². The number of esters is 1. The Morgan fingerprint density at radius 1 is 1.40 bits per heavy atom. The van der Waals surface area contributed by atoms with Crippen molar-refractivity contribution in [2.24, 2.45) is 0 Å². The molecule has 1 aromatic carbocycles. The number of ether oxygens (including phenoxy) is 1. The van der Waals surface area contributed by atoms with Gasteiger partial charge in [-0.1, -0.05) is 36.9 Å². The fourth-order valence-corrected chi connectivity index (χ4v) is 1.22. The lowest BCUT2D eigenvalue weighted by molar-refractivity contribution is -0.131. The molecule has 2 nitrogen and oxygen atoms in total. The molecule has 15 heavy (non-hydrogen) atoms. The third-order valence-corrected chi connectivity index (χ3v) is 2.03. The molecule has 0 N–H and O–H groups in total. The Hall–Kier alpha value is -1.83. The zero-order valence-corrected chi connectivity index (χ0v) is 8.99. The highest BCUT2D eigenvalue weighted by Crippen LogP contribution is 2.17. The molecule has 0 saturated carbocycles. The molecule has 0 heterocycles. The SMILES string of the molecule is C=C(C(=O)OC=CC)c1ccccc1C. The van der Waals surface area contributed by atoms with Crippen LogP contribution in [0.3, 0.4) is 0 Å². The lowest BCUT2D eigenvalue weighted by atomic mass is 10.0. The summed E-state index contributed by atoms with van der Waals surface area (Å²) in [5.74, 6) is -0.414. The highest BCUT2D eigenvalue weighted by molar-refractivity contribution is 6.16. The summed E-state index contributed by atoms with van der Waals surface area (Å²) in [6.45, 7) is 7.45. The smallest absolute Gasteiger partial charge is 0.342 e. The monoisotopic (exact) mass is 202 g/mol. The van der Waals surface area contributed by atoms with Crippen LogP contribution in [0, 0.1) is 6.92 Å². The molecule has 0 amide bonds. The highest BCUT2D eigenvalue weighted by Gasteiger charge is 2.11. The number of hydrogen-bond donors (Lipinski definition) is 0. The van der Waals surface area contributed by atoms with Crippen LogP contribution in [0.2, 0.25) is 0 Å². The maximum absolute atomic E-state index is 11.5. The first kappa shape index (κ1) is 11.2. The van der Waals surface area contributed by atoms with E-state index in [0.717, 1.165) is 11.1 Å². The quantitative estimate of drug-likeness (QED) is 0.427. The summed E-state index contributed by atoms with van der Waals surface area (Å²) in [4.78, 5) is 11.5. The Balaban J connectivity index is 2.86. The van der Waals surface area contributed by atoms with Crippen molar-refractivity contribution >= 4 is 11.5 Å². The maximum atomic E-state index is 11.5. The van der Waals surface area contributed by atoms with E-state index < -0.39 is 5.97 Å². The van der Waals surface area contributed by atoms with Crippen molar-refractivity contribution in [2.75, 3.05) is 0 Å². The van der Waals surface area contributed by atoms with Crippen LogP contribution < -0.4 is 0 Å². The lowest BCUT2D eigenvalue weighted by Gasteiger charge is -2.06. The third kappa shape index (κ3) is 2.81. The summed E-state index contributed by atoms with van der Waals surface area (Å²) < 4.78 is 4.84. The molecule has 0 aliphatic heterocycles. The summed E-state index contributed by atoms with van der Waals surface area (Å²) >= 11 is 0. The van der Waals surface area contributed by atoms with Crippen molar-refractivity contribution in [3.8, 4) is 0 Å². The van der Waals surface area contributed by atoms with Crippen LogP contribution in [-0.2, 0) is 9.53 Å². The summed E-state index contributed by atoms with van der Waals surface area (Å²) in [7, 11) is 0. The molecule has 78 valence electrons. The Morgan fingerprint density at radius 2 is 2.07 bits per heavy atom. The zero-order valence-electron chi connectivity index (χ0n) is 8.99. The number of rotatable bonds is 3. The topological polar surface area (TPSA) is 26.3 Å². The molecule has 0 aliphatic rings. The van der Waals surface area contributed by atoms with E-state index in [-0.39, 0.29) is 0 Å². The summed E-state index contributed by atoms with van der Waals surface area (Å²) in [5, 5.41) is 0. The van der Waals surface area contributed by atoms with Crippen molar-refractivity contribution in [2.45, 2.75) is 13.8 Å². The minimum Gasteiger partial charge on any atom is -0.431 e. The number of benzene rings is 1. The van der Waals surface area contributed by atoms with Gasteiger partial charge < -0.3 is 4.74 Å². The van der Waals surface area contributed by atoms with Crippen molar-refractivity contribution in [1.29, 1.82) is 0 Å². The van der Waals surface area contributed by atoms with Gasteiger partial charge in [-0.2, -0.15) is 0 Å². The second-order valence-corrected chi connectivity index (χ2v) is 3.17. The average Bonchev–Trinajstić information content (AvgIpc) is 2.25. The van der Waals surface area contributed by atoms with Crippen molar-refractivity contribution < 1.29 is 9.53 Å². The van der Waals surface area contributed by atoms with E-state index in [9.17, 15) is 4.79 Å². The predicted molar refractivity (Wildman–Crippen MR) is 61.1 cm³/mol. The minimum absolute atomic E-state index is 0.381. The van der Waals surface area contributed by atoms with Gasteiger partial charge in [-0.3, -0.25) is 0 Å². The van der Waals surface area contributed by atoms with Crippen LogP contribution in [0.15, 0.2) is 43.2 Å². The lowest BCUT2D eigenvalue weighted by Crippen LogP contribution is -2.03. The molecular formula is C13H14O2. The van der Waals surface area contributed by atoms with Gasteiger partial charge in [0, 0.05) is 0 Å². The Kier molecular flexibility index (Phi) is 3.86.